The van der Waals surface area contributed by atoms with E-state index in [0.717, 1.165) is 12.3 Å². The van der Waals surface area contributed by atoms with E-state index < -0.39 is 11.7 Å². The summed E-state index contributed by atoms with van der Waals surface area (Å²) in [5, 5.41) is 0.217. The van der Waals surface area contributed by atoms with Crippen LogP contribution < -0.4 is 4.74 Å². The highest BCUT2D eigenvalue weighted by Crippen LogP contribution is 2.37. The number of hydrogen-bond acceptors (Lipinski definition) is 4. The third kappa shape index (κ3) is 3.24. The van der Waals surface area contributed by atoms with Crippen molar-refractivity contribution in [2.45, 2.75) is 26.1 Å². The highest BCUT2D eigenvalue weighted by atomic mass is 19.4. The monoisotopic (exact) mass is 347 g/mol. The summed E-state index contributed by atoms with van der Waals surface area (Å²) in [6.45, 7) is 10.8. The normalized spacial score (nSPS) is 11.7. The first-order valence-electron chi connectivity index (χ1n) is 7.25. The number of nitrogens with one attached hydrogen (secondary N) is 1. The lowest BCUT2D eigenvalue weighted by atomic mass is 10.1. The van der Waals surface area contributed by atoms with Crippen molar-refractivity contribution in [3.8, 4) is 17.3 Å². The van der Waals surface area contributed by atoms with Crippen molar-refractivity contribution in [3.05, 3.63) is 41.6 Å². The molecule has 3 aromatic rings. The van der Waals surface area contributed by atoms with Crippen molar-refractivity contribution in [1.29, 1.82) is 0 Å². The Hall–Kier alpha value is -3.15. The van der Waals surface area contributed by atoms with Crippen LogP contribution in [0.15, 0.2) is 24.7 Å². The average molecular weight is 347 g/mol. The minimum atomic E-state index is -4.52. The second-order valence-electron chi connectivity index (χ2n) is 5.49. The SMILES string of the molecule is [C-]#[N+]c1cnc(OC(C)C)nc1-c1c[nH]c2ncc(C(F)(F)F)cc12. The number of halogens is 3. The molecule has 1 N–H and O–H groups in total. The second-order valence-corrected chi connectivity index (χ2v) is 5.49. The van der Waals surface area contributed by atoms with Gasteiger partial charge in [-0.15, -0.1) is 0 Å². The van der Waals surface area contributed by atoms with E-state index in [1.165, 1.54) is 12.4 Å². The minimum absolute atomic E-state index is 0.0479. The van der Waals surface area contributed by atoms with Gasteiger partial charge in [0.1, 0.15) is 5.65 Å². The molecule has 0 spiro atoms. The van der Waals surface area contributed by atoms with Crippen LogP contribution in [0.2, 0.25) is 0 Å². The molecule has 0 aliphatic rings. The van der Waals surface area contributed by atoms with Crippen molar-refractivity contribution in [1.82, 2.24) is 19.9 Å². The number of alkyl halides is 3. The fourth-order valence-corrected chi connectivity index (χ4v) is 2.26. The van der Waals surface area contributed by atoms with Crippen LogP contribution in [0.1, 0.15) is 19.4 Å². The molecular formula is C16H12F3N5O. The van der Waals surface area contributed by atoms with Crippen LogP contribution in [0.3, 0.4) is 0 Å². The number of hydrogen-bond donors (Lipinski definition) is 1. The van der Waals surface area contributed by atoms with Gasteiger partial charge in [0.25, 0.3) is 0 Å². The van der Waals surface area contributed by atoms with Gasteiger partial charge in [-0.05, 0) is 19.9 Å². The molecule has 3 heterocycles. The molecule has 0 aliphatic carbocycles. The summed E-state index contributed by atoms with van der Waals surface area (Å²) in [6, 6.07) is 1.03. The van der Waals surface area contributed by atoms with Crippen molar-refractivity contribution >= 4 is 16.7 Å². The molecule has 0 saturated heterocycles. The molecule has 0 radical (unpaired) electrons. The van der Waals surface area contributed by atoms with E-state index in [1.807, 2.05) is 0 Å². The van der Waals surface area contributed by atoms with Gasteiger partial charge < -0.3 is 9.72 Å². The molecule has 0 fully saturated rings. The van der Waals surface area contributed by atoms with E-state index in [1.54, 1.807) is 13.8 Å². The number of aromatic nitrogens is 4. The fourth-order valence-electron chi connectivity index (χ4n) is 2.26. The van der Waals surface area contributed by atoms with Crippen LogP contribution in [0.25, 0.3) is 27.1 Å². The van der Waals surface area contributed by atoms with Gasteiger partial charge in [-0.2, -0.15) is 13.2 Å². The maximum Gasteiger partial charge on any atom is 0.417 e. The van der Waals surface area contributed by atoms with Crippen molar-refractivity contribution in [3.63, 3.8) is 0 Å². The first-order valence-corrected chi connectivity index (χ1v) is 7.25. The minimum Gasteiger partial charge on any atom is -0.461 e. The number of H-pyrrole nitrogens is 1. The Morgan fingerprint density at radius 2 is 2.00 bits per heavy atom. The van der Waals surface area contributed by atoms with Crippen molar-refractivity contribution < 1.29 is 17.9 Å². The van der Waals surface area contributed by atoms with E-state index in [4.69, 9.17) is 11.3 Å². The van der Waals surface area contributed by atoms with Crippen LogP contribution in [0.4, 0.5) is 18.9 Å². The predicted molar refractivity (Wildman–Crippen MR) is 84.1 cm³/mol. The first kappa shape index (κ1) is 16.7. The Balaban J connectivity index is 2.20. The summed E-state index contributed by atoms with van der Waals surface area (Å²) >= 11 is 0. The highest BCUT2D eigenvalue weighted by molar-refractivity contribution is 5.96. The molecule has 9 heteroatoms. The van der Waals surface area contributed by atoms with Crippen molar-refractivity contribution in [2.75, 3.05) is 0 Å². The van der Waals surface area contributed by atoms with E-state index in [2.05, 4.69) is 24.8 Å². The Labute approximate surface area is 140 Å². The van der Waals surface area contributed by atoms with Crippen LogP contribution >= 0.6 is 0 Å². The van der Waals surface area contributed by atoms with Gasteiger partial charge in [-0.1, -0.05) is 0 Å². The van der Waals surface area contributed by atoms with Gasteiger partial charge in [-0.25, -0.2) is 19.8 Å². The van der Waals surface area contributed by atoms with Gasteiger partial charge >= 0.3 is 12.2 Å². The Bertz CT molecular complexity index is 972. The van der Waals surface area contributed by atoms with E-state index in [-0.39, 0.29) is 34.5 Å². The Morgan fingerprint density at radius 3 is 2.64 bits per heavy atom. The summed E-state index contributed by atoms with van der Waals surface area (Å²) in [7, 11) is 0. The standard InChI is InChI=1S/C16H12F3N5O/c1-8(2)25-15-23-7-12(20-3)13(24-15)11-6-22-14-10(11)4-9(5-21-14)16(17,18)19/h4-8H,1-2H3,(H,21,22). The predicted octanol–water partition coefficient (Wildman–Crippen LogP) is 4.38. The van der Waals surface area contributed by atoms with Gasteiger partial charge in [0.05, 0.1) is 23.9 Å². The molecule has 0 unspecified atom stereocenters. The summed E-state index contributed by atoms with van der Waals surface area (Å²) in [4.78, 5) is 18.1. The molecule has 3 rings (SSSR count). The molecule has 0 aromatic carbocycles. The molecule has 0 aliphatic heterocycles. The molecule has 128 valence electrons. The number of fused-ring (bicyclic) bond motifs is 1. The molecule has 0 amide bonds. The molecule has 0 bridgehead atoms. The summed E-state index contributed by atoms with van der Waals surface area (Å²) in [5.41, 5.74) is 0.0137. The van der Waals surface area contributed by atoms with Crippen LogP contribution in [0, 0.1) is 6.57 Å². The third-order valence-electron chi connectivity index (χ3n) is 3.32. The second kappa shape index (κ2) is 6.05. The van der Waals surface area contributed by atoms with Gasteiger partial charge in [0.2, 0.25) is 5.69 Å². The van der Waals surface area contributed by atoms with E-state index >= 15 is 0 Å². The fraction of sp³-hybridized carbons (Fsp3) is 0.250. The number of rotatable bonds is 3. The molecule has 3 aromatic heterocycles. The lowest BCUT2D eigenvalue weighted by Crippen LogP contribution is -2.08. The van der Waals surface area contributed by atoms with Gasteiger partial charge in [0, 0.05) is 29.5 Å². The largest absolute Gasteiger partial charge is 0.461 e. The summed E-state index contributed by atoms with van der Waals surface area (Å²) in [5.74, 6) is 0. The number of pyridine rings is 1. The smallest absolute Gasteiger partial charge is 0.417 e. The quantitative estimate of drug-likeness (QED) is 0.714. The maximum atomic E-state index is 13.0. The lowest BCUT2D eigenvalue weighted by Gasteiger charge is -2.10. The summed E-state index contributed by atoms with van der Waals surface area (Å²) in [6.07, 6.45) is -1.20. The van der Waals surface area contributed by atoms with E-state index in [9.17, 15) is 13.2 Å². The Morgan fingerprint density at radius 1 is 1.24 bits per heavy atom. The van der Waals surface area contributed by atoms with Crippen LogP contribution in [0.5, 0.6) is 6.01 Å². The van der Waals surface area contributed by atoms with Crippen molar-refractivity contribution in [2.24, 2.45) is 0 Å². The van der Waals surface area contributed by atoms with Crippen LogP contribution in [-0.4, -0.2) is 26.0 Å². The zero-order valence-corrected chi connectivity index (χ0v) is 13.2. The molecular weight excluding hydrogens is 335 g/mol. The van der Waals surface area contributed by atoms with E-state index in [0.29, 0.717) is 5.56 Å². The summed E-state index contributed by atoms with van der Waals surface area (Å²) < 4.78 is 44.3. The molecule has 6 nitrogen and oxygen atoms in total. The molecule has 0 atom stereocenters. The molecule has 25 heavy (non-hydrogen) atoms. The highest BCUT2D eigenvalue weighted by Gasteiger charge is 2.31. The number of aromatic amines is 1. The average Bonchev–Trinajstić information content (AvgIpc) is 2.96. The topological polar surface area (TPSA) is 68.1 Å². The zero-order chi connectivity index (χ0) is 18.2. The number of ether oxygens (including phenoxy) is 1. The van der Waals surface area contributed by atoms with Gasteiger partial charge in [-0.3, -0.25) is 0 Å². The van der Waals surface area contributed by atoms with Crippen LogP contribution in [-0.2, 0) is 6.18 Å². The zero-order valence-electron chi connectivity index (χ0n) is 13.2. The number of nitrogens with zero attached hydrogens (tertiary/aromatic N) is 4. The third-order valence-corrected chi connectivity index (χ3v) is 3.32. The maximum absolute atomic E-state index is 13.0. The lowest BCUT2D eigenvalue weighted by molar-refractivity contribution is -0.137. The van der Waals surface area contributed by atoms with Gasteiger partial charge in [0.15, 0.2) is 0 Å². The first-order chi connectivity index (χ1) is 11.8. The Kier molecular flexibility index (Phi) is 4.04. The molecule has 0 saturated carbocycles.